The Morgan fingerprint density at radius 3 is 2.96 bits per heavy atom. The summed E-state index contributed by atoms with van der Waals surface area (Å²) in [6.45, 7) is 2.94. The van der Waals surface area contributed by atoms with Crippen molar-refractivity contribution in [3.63, 3.8) is 0 Å². The van der Waals surface area contributed by atoms with Gasteiger partial charge in [0.15, 0.2) is 0 Å². The van der Waals surface area contributed by atoms with Gasteiger partial charge in [0.25, 0.3) is 5.91 Å². The molecule has 3 aromatic rings. The lowest BCUT2D eigenvalue weighted by atomic mass is 10.1. The van der Waals surface area contributed by atoms with E-state index >= 15 is 0 Å². The first-order valence-corrected chi connectivity index (χ1v) is 8.22. The van der Waals surface area contributed by atoms with E-state index < -0.39 is 0 Å². The molecule has 0 radical (unpaired) electrons. The maximum Gasteiger partial charge on any atom is 0.251 e. The van der Waals surface area contributed by atoms with Gasteiger partial charge in [-0.25, -0.2) is 0 Å². The molecule has 0 fully saturated rings. The summed E-state index contributed by atoms with van der Waals surface area (Å²) in [5.41, 5.74) is 2.50. The molecule has 126 valence electrons. The van der Waals surface area contributed by atoms with E-state index in [0.717, 1.165) is 22.2 Å². The number of rotatable bonds is 6. The Bertz CT molecular complexity index is 903. The second-order valence-corrected chi connectivity index (χ2v) is 5.62. The minimum absolute atomic E-state index is 0.106. The van der Waals surface area contributed by atoms with Crippen molar-refractivity contribution in [3.05, 3.63) is 84.1 Å². The first-order valence-electron chi connectivity index (χ1n) is 8.22. The zero-order valence-electron chi connectivity index (χ0n) is 14.1. The average Bonchev–Trinajstić information content (AvgIpc) is 2.66. The number of allylic oxidation sites excluding steroid dienone is 1. The van der Waals surface area contributed by atoms with Gasteiger partial charge in [0.1, 0.15) is 12.4 Å². The molecule has 1 N–H and O–H groups in total. The lowest BCUT2D eigenvalue weighted by molar-refractivity contribution is 0.0951. The number of carbonyl (C=O) groups is 1. The van der Waals surface area contributed by atoms with Crippen LogP contribution in [-0.2, 0) is 6.54 Å². The van der Waals surface area contributed by atoms with Crippen molar-refractivity contribution in [1.29, 1.82) is 0 Å². The van der Waals surface area contributed by atoms with Crippen molar-refractivity contribution in [2.45, 2.75) is 13.5 Å². The van der Waals surface area contributed by atoms with Crippen molar-refractivity contribution >= 4 is 16.8 Å². The van der Waals surface area contributed by atoms with Gasteiger partial charge in [0.2, 0.25) is 0 Å². The second kappa shape index (κ2) is 8.11. The van der Waals surface area contributed by atoms with Crippen molar-refractivity contribution in [2.75, 3.05) is 6.61 Å². The lowest BCUT2D eigenvalue weighted by Crippen LogP contribution is -2.22. The molecule has 0 saturated heterocycles. The van der Waals surface area contributed by atoms with Gasteiger partial charge in [-0.2, -0.15) is 0 Å². The largest absolute Gasteiger partial charge is 0.490 e. The molecule has 4 heteroatoms. The van der Waals surface area contributed by atoms with Crippen LogP contribution in [0.1, 0.15) is 22.8 Å². The topological polar surface area (TPSA) is 51.2 Å². The van der Waals surface area contributed by atoms with Crippen LogP contribution in [-0.4, -0.2) is 17.5 Å². The molecular weight excluding hydrogens is 312 g/mol. The normalized spacial score (nSPS) is 10.9. The number of aromatic nitrogens is 1. The van der Waals surface area contributed by atoms with Gasteiger partial charge in [-0.15, -0.1) is 0 Å². The zero-order valence-corrected chi connectivity index (χ0v) is 14.1. The first kappa shape index (κ1) is 16.7. The quantitative estimate of drug-likeness (QED) is 0.691. The summed E-state index contributed by atoms with van der Waals surface area (Å²) in [6.07, 6.45) is 5.64. The molecule has 0 atom stereocenters. The number of nitrogens with zero attached hydrogens (tertiary/aromatic N) is 1. The Kier molecular flexibility index (Phi) is 5.42. The zero-order chi connectivity index (χ0) is 17.5. The van der Waals surface area contributed by atoms with E-state index in [4.69, 9.17) is 4.74 Å². The molecule has 0 bridgehead atoms. The SMILES string of the molecule is CC=CCOc1cccc(CNC(=O)c2ccc3ncccc3c2)c1. The molecule has 2 aromatic carbocycles. The predicted octanol–water partition coefficient (Wildman–Crippen LogP) is 4.12. The predicted molar refractivity (Wildman–Crippen MR) is 99.7 cm³/mol. The number of fused-ring (bicyclic) bond motifs is 1. The number of nitrogens with one attached hydrogen (secondary N) is 1. The summed E-state index contributed by atoms with van der Waals surface area (Å²) >= 11 is 0. The fraction of sp³-hybridized carbons (Fsp3) is 0.143. The number of pyridine rings is 1. The van der Waals surface area contributed by atoms with E-state index in [0.29, 0.717) is 18.7 Å². The van der Waals surface area contributed by atoms with Gasteiger partial charge in [-0.3, -0.25) is 9.78 Å². The molecular formula is C21H20N2O2. The number of carbonyl (C=O) groups excluding carboxylic acids is 1. The highest BCUT2D eigenvalue weighted by atomic mass is 16.5. The summed E-state index contributed by atoms with van der Waals surface area (Å²) < 4.78 is 5.62. The van der Waals surface area contributed by atoms with Crippen molar-refractivity contribution in [2.24, 2.45) is 0 Å². The Labute approximate surface area is 147 Å². The number of benzene rings is 2. The van der Waals surface area contributed by atoms with Crippen LogP contribution in [0.5, 0.6) is 5.75 Å². The molecule has 3 rings (SSSR count). The van der Waals surface area contributed by atoms with Gasteiger partial charge in [0.05, 0.1) is 5.52 Å². The first-order chi connectivity index (χ1) is 12.3. The summed E-state index contributed by atoms with van der Waals surface area (Å²) in [7, 11) is 0. The molecule has 0 saturated carbocycles. The van der Waals surface area contributed by atoms with Crippen LogP contribution in [0.15, 0.2) is 72.9 Å². The van der Waals surface area contributed by atoms with E-state index in [1.165, 1.54) is 0 Å². The molecule has 1 aromatic heterocycles. The third kappa shape index (κ3) is 4.44. The van der Waals surface area contributed by atoms with Crippen molar-refractivity contribution < 1.29 is 9.53 Å². The highest BCUT2D eigenvalue weighted by molar-refractivity contribution is 5.97. The molecule has 1 amide bonds. The molecule has 0 unspecified atom stereocenters. The average molecular weight is 332 g/mol. The molecule has 0 spiro atoms. The van der Waals surface area contributed by atoms with Crippen LogP contribution in [0.3, 0.4) is 0 Å². The Morgan fingerprint density at radius 1 is 1.16 bits per heavy atom. The van der Waals surface area contributed by atoms with Crippen molar-refractivity contribution in [3.8, 4) is 5.75 Å². The molecule has 0 aliphatic heterocycles. The number of hydrogen-bond acceptors (Lipinski definition) is 3. The third-order valence-corrected chi connectivity index (χ3v) is 3.80. The summed E-state index contributed by atoms with van der Waals surface area (Å²) in [5, 5.41) is 3.90. The molecule has 25 heavy (non-hydrogen) atoms. The number of amides is 1. The molecule has 0 aliphatic rings. The molecule has 1 heterocycles. The monoisotopic (exact) mass is 332 g/mol. The van der Waals surface area contributed by atoms with Gasteiger partial charge >= 0.3 is 0 Å². The van der Waals surface area contributed by atoms with E-state index in [2.05, 4.69) is 10.3 Å². The van der Waals surface area contributed by atoms with Gasteiger partial charge in [-0.1, -0.05) is 30.4 Å². The minimum atomic E-state index is -0.106. The Morgan fingerprint density at radius 2 is 2.08 bits per heavy atom. The summed E-state index contributed by atoms with van der Waals surface area (Å²) in [5.74, 6) is 0.688. The fourth-order valence-corrected chi connectivity index (χ4v) is 2.49. The van der Waals surface area contributed by atoms with E-state index in [1.807, 2.05) is 67.6 Å². The number of ether oxygens (including phenoxy) is 1. The van der Waals surface area contributed by atoms with Crippen molar-refractivity contribution in [1.82, 2.24) is 10.3 Å². The summed E-state index contributed by atoms with van der Waals surface area (Å²) in [4.78, 5) is 16.7. The second-order valence-electron chi connectivity index (χ2n) is 5.62. The van der Waals surface area contributed by atoms with Gasteiger partial charge < -0.3 is 10.1 Å². The van der Waals surface area contributed by atoms with Crippen LogP contribution in [0.25, 0.3) is 10.9 Å². The maximum absolute atomic E-state index is 12.4. The molecule has 0 aliphatic carbocycles. The van der Waals surface area contributed by atoms with Crippen LogP contribution in [0.4, 0.5) is 0 Å². The van der Waals surface area contributed by atoms with E-state index in [9.17, 15) is 4.79 Å². The fourth-order valence-electron chi connectivity index (χ4n) is 2.49. The van der Waals surface area contributed by atoms with E-state index in [-0.39, 0.29) is 5.91 Å². The highest BCUT2D eigenvalue weighted by Crippen LogP contribution is 2.15. The summed E-state index contributed by atoms with van der Waals surface area (Å²) in [6, 6.07) is 17.1. The third-order valence-electron chi connectivity index (χ3n) is 3.80. The lowest BCUT2D eigenvalue weighted by Gasteiger charge is -2.08. The van der Waals surface area contributed by atoms with Gasteiger partial charge in [0, 0.05) is 23.7 Å². The van der Waals surface area contributed by atoms with Crippen LogP contribution in [0, 0.1) is 0 Å². The number of hydrogen-bond donors (Lipinski definition) is 1. The van der Waals surface area contributed by atoms with Crippen LogP contribution >= 0.6 is 0 Å². The smallest absolute Gasteiger partial charge is 0.251 e. The molecule has 4 nitrogen and oxygen atoms in total. The van der Waals surface area contributed by atoms with E-state index in [1.54, 1.807) is 12.3 Å². The van der Waals surface area contributed by atoms with Gasteiger partial charge in [-0.05, 0) is 48.9 Å². The highest BCUT2D eigenvalue weighted by Gasteiger charge is 2.07. The maximum atomic E-state index is 12.4. The standard InChI is InChI=1S/C21H20N2O2/c1-2-3-12-25-19-8-4-6-16(13-19)15-23-21(24)18-9-10-20-17(14-18)7-5-11-22-20/h2-11,13-14H,12,15H2,1H3,(H,23,24). The Balaban J connectivity index is 1.64. The van der Waals surface area contributed by atoms with Crippen LogP contribution in [0.2, 0.25) is 0 Å². The Hall–Kier alpha value is -3.14. The van der Waals surface area contributed by atoms with Crippen LogP contribution < -0.4 is 10.1 Å². The minimum Gasteiger partial charge on any atom is -0.490 e.